The topological polar surface area (TPSA) is 87.3 Å². The maximum atomic E-state index is 12.9. The SMILES string of the molecule is CCCCCCCCCCCCOc1cccc(OCC(COP(=O)(O)Oc2ccccc2C[n+]2csc(C)c2)OCC)c1C. The fourth-order valence-corrected chi connectivity index (χ4v) is 6.49. The summed E-state index contributed by atoms with van der Waals surface area (Å²) in [5.74, 6) is 1.78. The number of unbranched alkanes of at least 4 members (excludes halogenated alkanes) is 9. The van der Waals surface area contributed by atoms with Crippen molar-refractivity contribution in [3.05, 3.63) is 70.2 Å². The quantitative estimate of drug-likeness (QED) is 0.0582. The van der Waals surface area contributed by atoms with Crippen molar-refractivity contribution >= 4 is 19.2 Å². The first-order chi connectivity index (χ1) is 21.8. The molecular weight excluding hydrogens is 609 g/mol. The molecule has 3 aromatic rings. The summed E-state index contributed by atoms with van der Waals surface area (Å²) in [6, 6.07) is 12.9. The normalized spacial score (nSPS) is 13.4. The zero-order valence-corrected chi connectivity index (χ0v) is 29.3. The minimum absolute atomic E-state index is 0.140. The summed E-state index contributed by atoms with van der Waals surface area (Å²) in [5, 5.41) is 0. The van der Waals surface area contributed by atoms with Crippen molar-refractivity contribution in [3.8, 4) is 17.2 Å². The average Bonchev–Trinajstić information content (AvgIpc) is 3.43. The van der Waals surface area contributed by atoms with E-state index in [-0.39, 0.29) is 13.2 Å². The molecule has 2 aromatic carbocycles. The summed E-state index contributed by atoms with van der Waals surface area (Å²) in [4.78, 5) is 11.7. The number of hydrogen-bond donors (Lipinski definition) is 1. The minimum Gasteiger partial charge on any atom is -0.493 e. The summed E-state index contributed by atoms with van der Waals surface area (Å²) in [7, 11) is -4.42. The lowest BCUT2D eigenvalue weighted by Crippen LogP contribution is -2.31. The van der Waals surface area contributed by atoms with Gasteiger partial charge in [-0.25, -0.2) is 4.57 Å². The van der Waals surface area contributed by atoms with Gasteiger partial charge in [0, 0.05) is 12.2 Å². The van der Waals surface area contributed by atoms with Crippen LogP contribution in [-0.2, 0) is 20.4 Å². The number of thiazole rings is 1. The minimum atomic E-state index is -4.42. The van der Waals surface area contributed by atoms with Crippen molar-refractivity contribution in [1.29, 1.82) is 0 Å². The van der Waals surface area contributed by atoms with Crippen LogP contribution in [0.15, 0.2) is 54.2 Å². The fourth-order valence-electron chi connectivity index (χ4n) is 5.02. The zero-order chi connectivity index (χ0) is 32.3. The molecule has 0 fully saturated rings. The van der Waals surface area contributed by atoms with E-state index in [1.54, 1.807) is 23.5 Å². The Morgan fingerprint density at radius 3 is 2.13 bits per heavy atom. The molecule has 1 heterocycles. The van der Waals surface area contributed by atoms with Gasteiger partial charge in [0.1, 0.15) is 30.0 Å². The highest BCUT2D eigenvalue weighted by Crippen LogP contribution is 2.45. The van der Waals surface area contributed by atoms with Gasteiger partial charge in [-0.2, -0.15) is 4.57 Å². The first kappa shape index (κ1) is 37.0. The highest BCUT2D eigenvalue weighted by Gasteiger charge is 2.27. The second kappa shape index (κ2) is 20.7. The van der Waals surface area contributed by atoms with Gasteiger partial charge in [-0.05, 0) is 51.5 Å². The maximum Gasteiger partial charge on any atom is 0.527 e. The van der Waals surface area contributed by atoms with Crippen molar-refractivity contribution in [2.24, 2.45) is 0 Å². The van der Waals surface area contributed by atoms with E-state index in [0.29, 0.717) is 31.3 Å². The average molecular weight is 663 g/mol. The molecule has 3 rings (SSSR count). The predicted octanol–water partition coefficient (Wildman–Crippen LogP) is 8.98. The second-order valence-corrected chi connectivity index (χ2v) is 13.9. The molecule has 0 aliphatic rings. The first-order valence-electron chi connectivity index (χ1n) is 16.5. The van der Waals surface area contributed by atoms with Gasteiger partial charge in [-0.3, -0.25) is 9.42 Å². The highest BCUT2D eigenvalue weighted by molar-refractivity contribution is 7.47. The van der Waals surface area contributed by atoms with Crippen molar-refractivity contribution in [3.63, 3.8) is 0 Å². The molecule has 8 nitrogen and oxygen atoms in total. The van der Waals surface area contributed by atoms with Gasteiger partial charge >= 0.3 is 7.82 Å². The maximum absolute atomic E-state index is 12.9. The number of aromatic nitrogens is 1. The molecule has 0 saturated heterocycles. The number of nitrogens with zero attached hydrogens (tertiary/aromatic N) is 1. The van der Waals surface area contributed by atoms with Crippen molar-refractivity contribution in [1.82, 2.24) is 0 Å². The van der Waals surface area contributed by atoms with Gasteiger partial charge in [-0.1, -0.05) is 94.2 Å². The first-order valence-corrected chi connectivity index (χ1v) is 18.8. The van der Waals surface area contributed by atoms with Crippen LogP contribution in [0.3, 0.4) is 0 Å². The third-order valence-electron chi connectivity index (χ3n) is 7.50. The molecular formula is C35H53NO7PS+. The lowest BCUT2D eigenvalue weighted by atomic mass is 10.1. The van der Waals surface area contributed by atoms with Gasteiger partial charge < -0.3 is 18.7 Å². The van der Waals surface area contributed by atoms with E-state index in [4.69, 9.17) is 23.3 Å². The molecule has 1 N–H and O–H groups in total. The molecule has 1 aromatic heterocycles. The van der Waals surface area contributed by atoms with Gasteiger partial charge in [0.15, 0.2) is 12.7 Å². The van der Waals surface area contributed by atoms with Gasteiger partial charge in [0.05, 0.1) is 23.7 Å². The van der Waals surface area contributed by atoms with Crippen LogP contribution in [0, 0.1) is 13.8 Å². The fraction of sp³-hybridized carbons (Fsp3) is 0.571. The third kappa shape index (κ3) is 14.3. The molecule has 2 unspecified atom stereocenters. The Morgan fingerprint density at radius 1 is 0.822 bits per heavy atom. The van der Waals surface area contributed by atoms with Crippen LogP contribution in [0.4, 0.5) is 0 Å². The molecule has 250 valence electrons. The van der Waals surface area contributed by atoms with E-state index in [9.17, 15) is 9.46 Å². The molecule has 0 amide bonds. The van der Waals surface area contributed by atoms with Crippen molar-refractivity contribution in [2.75, 3.05) is 26.4 Å². The summed E-state index contributed by atoms with van der Waals surface area (Å²) < 4.78 is 43.7. The Bertz CT molecular complexity index is 1300. The smallest absolute Gasteiger partial charge is 0.493 e. The predicted molar refractivity (Wildman–Crippen MR) is 181 cm³/mol. The van der Waals surface area contributed by atoms with Crippen LogP contribution in [0.25, 0.3) is 0 Å². The number of aryl methyl sites for hydroxylation is 1. The molecule has 0 aliphatic heterocycles. The largest absolute Gasteiger partial charge is 0.527 e. The molecule has 0 saturated carbocycles. The molecule has 0 aliphatic carbocycles. The number of phosphoric ester groups is 1. The lowest BCUT2D eigenvalue weighted by molar-refractivity contribution is -0.683. The van der Waals surface area contributed by atoms with Crippen LogP contribution in [-0.4, -0.2) is 37.4 Å². The molecule has 0 spiro atoms. The van der Waals surface area contributed by atoms with Crippen molar-refractivity contribution < 1.29 is 37.3 Å². The number of benzene rings is 2. The Morgan fingerprint density at radius 2 is 1.47 bits per heavy atom. The van der Waals surface area contributed by atoms with Gasteiger partial charge in [0.25, 0.3) is 0 Å². The summed E-state index contributed by atoms with van der Waals surface area (Å²) >= 11 is 1.63. The number of para-hydroxylation sites is 1. The lowest BCUT2D eigenvalue weighted by Gasteiger charge is -2.21. The number of rotatable bonds is 24. The Hall–Kier alpha value is -2.42. The van der Waals surface area contributed by atoms with E-state index in [1.165, 1.54) is 62.7 Å². The Labute approximate surface area is 274 Å². The molecule has 10 heteroatoms. The van der Waals surface area contributed by atoms with E-state index < -0.39 is 13.9 Å². The molecule has 2 atom stereocenters. The van der Waals surface area contributed by atoms with E-state index in [0.717, 1.165) is 23.3 Å². The van der Waals surface area contributed by atoms with Crippen LogP contribution >= 0.6 is 19.2 Å². The summed E-state index contributed by atoms with van der Waals surface area (Å²) in [6.45, 7) is 9.67. The monoisotopic (exact) mass is 662 g/mol. The molecule has 45 heavy (non-hydrogen) atoms. The van der Waals surface area contributed by atoms with Gasteiger partial charge in [-0.15, -0.1) is 0 Å². The number of ether oxygens (including phenoxy) is 3. The summed E-state index contributed by atoms with van der Waals surface area (Å²) in [5.41, 5.74) is 3.68. The third-order valence-corrected chi connectivity index (χ3v) is 9.26. The number of hydrogen-bond acceptors (Lipinski definition) is 7. The van der Waals surface area contributed by atoms with E-state index in [1.807, 2.05) is 67.4 Å². The van der Waals surface area contributed by atoms with Crippen LogP contribution < -0.4 is 18.6 Å². The number of phosphoric acid groups is 1. The van der Waals surface area contributed by atoms with Crippen molar-refractivity contribution in [2.45, 2.75) is 105 Å². The van der Waals surface area contributed by atoms with Crippen LogP contribution in [0.1, 0.15) is 94.1 Å². The van der Waals surface area contributed by atoms with E-state index in [2.05, 4.69) is 6.92 Å². The Balaban J connectivity index is 1.43. The standard InChI is InChI=1S/C35H52NO7PS/c1-5-7-8-9-10-11-12-13-14-17-23-40-33-21-18-22-34(30(33)4)41-26-32(39-6-2)27-42-44(37,38)43-35-20-16-15-19-31(35)25-36-24-29(3)45-28-36/h15-16,18-22,24,28,32H,5-14,17,23,25-27H2,1-4H3/p+1. The second-order valence-electron chi connectivity index (χ2n) is 11.4. The Kier molecular flexibility index (Phi) is 17.0. The molecule has 0 radical (unpaired) electrons. The van der Waals surface area contributed by atoms with E-state index >= 15 is 0 Å². The summed E-state index contributed by atoms with van der Waals surface area (Å²) in [6.07, 6.45) is 14.3. The van der Waals surface area contributed by atoms with Crippen LogP contribution in [0.5, 0.6) is 17.2 Å². The highest BCUT2D eigenvalue weighted by atomic mass is 32.1. The van der Waals surface area contributed by atoms with Gasteiger partial charge in [0.2, 0.25) is 5.51 Å². The molecule has 0 bridgehead atoms. The zero-order valence-electron chi connectivity index (χ0n) is 27.6. The van der Waals surface area contributed by atoms with Crippen LogP contribution in [0.2, 0.25) is 0 Å².